The van der Waals surface area contributed by atoms with E-state index >= 15 is 0 Å². The van der Waals surface area contributed by atoms with E-state index < -0.39 is 5.41 Å². The summed E-state index contributed by atoms with van der Waals surface area (Å²) in [5.74, 6) is 0.00611. The first-order chi connectivity index (χ1) is 15.0. The molecule has 0 radical (unpaired) electrons. The molecule has 0 bridgehead atoms. The van der Waals surface area contributed by atoms with E-state index in [9.17, 15) is 9.59 Å². The van der Waals surface area contributed by atoms with Gasteiger partial charge in [0.05, 0.1) is 18.4 Å². The highest BCUT2D eigenvalue weighted by Crippen LogP contribution is 2.42. The van der Waals surface area contributed by atoms with Gasteiger partial charge in [0.2, 0.25) is 11.8 Å². The van der Waals surface area contributed by atoms with Crippen LogP contribution >= 0.6 is 22.9 Å². The minimum atomic E-state index is -0.509. The van der Waals surface area contributed by atoms with Crippen molar-refractivity contribution in [2.45, 2.75) is 44.1 Å². The summed E-state index contributed by atoms with van der Waals surface area (Å²) in [7, 11) is 0. The fourth-order valence-electron chi connectivity index (χ4n) is 4.20. The smallest absolute Gasteiger partial charge is 0.235 e. The first kappa shape index (κ1) is 21.6. The van der Waals surface area contributed by atoms with E-state index in [1.54, 1.807) is 11.3 Å². The van der Waals surface area contributed by atoms with Gasteiger partial charge in [0, 0.05) is 15.6 Å². The van der Waals surface area contributed by atoms with Crippen molar-refractivity contribution in [1.82, 2.24) is 5.32 Å². The third kappa shape index (κ3) is 5.17. The molecule has 2 N–H and O–H groups in total. The average molecular weight is 453 g/mol. The fourth-order valence-corrected chi connectivity index (χ4v) is 4.97. The zero-order valence-electron chi connectivity index (χ0n) is 17.2. The topological polar surface area (TPSA) is 58.2 Å². The van der Waals surface area contributed by atoms with E-state index in [2.05, 4.69) is 10.6 Å². The second kappa shape index (κ2) is 9.67. The van der Waals surface area contributed by atoms with Crippen LogP contribution in [0.5, 0.6) is 0 Å². The number of halogens is 1. The Kier molecular flexibility index (Phi) is 6.73. The van der Waals surface area contributed by atoms with Crippen molar-refractivity contribution in [3.05, 3.63) is 87.1 Å². The number of rotatable bonds is 7. The third-order valence-corrected chi connectivity index (χ3v) is 7.03. The summed E-state index contributed by atoms with van der Waals surface area (Å²) in [4.78, 5) is 26.6. The van der Waals surface area contributed by atoms with E-state index in [1.807, 2.05) is 66.0 Å². The molecule has 4 nitrogen and oxygen atoms in total. The van der Waals surface area contributed by atoms with Crippen LogP contribution in [0.1, 0.15) is 41.7 Å². The van der Waals surface area contributed by atoms with E-state index in [1.165, 1.54) is 0 Å². The quantitative estimate of drug-likeness (QED) is 0.482. The Morgan fingerprint density at radius 2 is 1.68 bits per heavy atom. The van der Waals surface area contributed by atoms with Crippen LogP contribution in [-0.4, -0.2) is 11.8 Å². The van der Waals surface area contributed by atoms with Crippen LogP contribution in [0.2, 0.25) is 5.02 Å². The molecule has 0 aliphatic heterocycles. The number of nitrogens with one attached hydrogen (secondary N) is 2. The van der Waals surface area contributed by atoms with Crippen molar-refractivity contribution < 1.29 is 9.59 Å². The molecule has 2 amide bonds. The van der Waals surface area contributed by atoms with Gasteiger partial charge in [0.15, 0.2) is 0 Å². The number of anilines is 1. The highest BCUT2D eigenvalue weighted by Gasteiger charge is 2.42. The Bertz CT molecular complexity index is 1020. The molecule has 1 saturated carbocycles. The molecule has 1 aliphatic rings. The van der Waals surface area contributed by atoms with Gasteiger partial charge in [-0.2, -0.15) is 0 Å². The number of thiophene rings is 1. The first-order valence-corrected chi connectivity index (χ1v) is 11.8. The molecule has 0 saturated heterocycles. The Morgan fingerprint density at radius 1 is 0.968 bits per heavy atom. The predicted octanol–water partition coefficient (Wildman–Crippen LogP) is 5.71. The average Bonchev–Trinajstić information content (AvgIpc) is 3.47. The van der Waals surface area contributed by atoms with Crippen molar-refractivity contribution in [2.24, 2.45) is 0 Å². The van der Waals surface area contributed by atoms with Crippen LogP contribution < -0.4 is 10.6 Å². The molecule has 160 valence electrons. The summed E-state index contributed by atoms with van der Waals surface area (Å²) < 4.78 is 0. The van der Waals surface area contributed by atoms with Crippen molar-refractivity contribution in [1.29, 1.82) is 0 Å². The van der Waals surface area contributed by atoms with Crippen LogP contribution in [-0.2, 0) is 28.0 Å². The van der Waals surface area contributed by atoms with Crippen LogP contribution in [0.25, 0.3) is 0 Å². The van der Waals surface area contributed by atoms with E-state index in [4.69, 9.17) is 11.6 Å². The number of hydrogen-bond acceptors (Lipinski definition) is 3. The second-order valence-corrected chi connectivity index (χ2v) is 9.45. The highest BCUT2D eigenvalue weighted by molar-refractivity contribution is 7.09. The maximum atomic E-state index is 13.3. The standard InChI is InChI=1S/C25H25ClN2O2S/c26-20-9-7-19(8-10-20)25(13-1-2-14-25)24(30)28-21-11-5-18(6-12-21)16-23(29)27-17-22-4-3-15-31-22/h3-12,15H,1-2,13-14,16-17H2,(H,27,29)(H,28,30). The van der Waals surface area contributed by atoms with Crippen molar-refractivity contribution in [3.8, 4) is 0 Å². The van der Waals surface area contributed by atoms with Gasteiger partial charge in [-0.3, -0.25) is 9.59 Å². The second-order valence-electron chi connectivity index (χ2n) is 7.98. The van der Waals surface area contributed by atoms with Crippen LogP contribution in [0.3, 0.4) is 0 Å². The number of carbonyl (C=O) groups excluding carboxylic acids is 2. The molecule has 2 aromatic carbocycles. The Hall–Kier alpha value is -2.63. The molecule has 4 rings (SSSR count). The molecule has 1 aliphatic carbocycles. The minimum Gasteiger partial charge on any atom is -0.351 e. The molecular weight excluding hydrogens is 428 g/mol. The SMILES string of the molecule is O=C(Cc1ccc(NC(=O)C2(c3ccc(Cl)cc3)CCCC2)cc1)NCc1cccs1. The van der Waals surface area contributed by atoms with Gasteiger partial charge in [-0.05, 0) is 59.7 Å². The van der Waals surface area contributed by atoms with E-state index in [0.717, 1.165) is 47.4 Å². The van der Waals surface area contributed by atoms with Crippen LogP contribution in [0, 0.1) is 0 Å². The lowest BCUT2D eigenvalue weighted by Crippen LogP contribution is -2.37. The van der Waals surface area contributed by atoms with Crippen molar-refractivity contribution in [3.63, 3.8) is 0 Å². The zero-order chi connectivity index (χ0) is 21.7. The molecule has 0 atom stereocenters. The lowest BCUT2D eigenvalue weighted by Gasteiger charge is -2.28. The van der Waals surface area contributed by atoms with Gasteiger partial charge in [0.1, 0.15) is 0 Å². The third-order valence-electron chi connectivity index (χ3n) is 5.90. The molecule has 1 fully saturated rings. The van der Waals surface area contributed by atoms with Crippen molar-refractivity contribution >= 4 is 40.4 Å². The molecule has 0 unspecified atom stereocenters. The first-order valence-electron chi connectivity index (χ1n) is 10.5. The molecule has 6 heteroatoms. The van der Waals surface area contributed by atoms with Gasteiger partial charge in [0.25, 0.3) is 0 Å². The van der Waals surface area contributed by atoms with E-state index in [0.29, 0.717) is 18.0 Å². The van der Waals surface area contributed by atoms with Gasteiger partial charge < -0.3 is 10.6 Å². The van der Waals surface area contributed by atoms with Gasteiger partial charge in [-0.1, -0.05) is 54.8 Å². The van der Waals surface area contributed by atoms with Crippen LogP contribution in [0.15, 0.2) is 66.0 Å². The summed E-state index contributed by atoms with van der Waals surface area (Å²) in [5.41, 5.74) is 2.17. The summed E-state index contributed by atoms with van der Waals surface area (Å²) >= 11 is 7.67. The summed E-state index contributed by atoms with van der Waals surface area (Å²) in [6.07, 6.45) is 4.06. The van der Waals surface area contributed by atoms with Crippen LogP contribution in [0.4, 0.5) is 5.69 Å². The number of amides is 2. The lowest BCUT2D eigenvalue weighted by molar-refractivity contribution is -0.121. The molecule has 1 heterocycles. The Balaban J connectivity index is 1.38. The van der Waals surface area contributed by atoms with E-state index in [-0.39, 0.29) is 11.8 Å². The molecule has 0 spiro atoms. The normalized spacial score (nSPS) is 14.9. The lowest BCUT2D eigenvalue weighted by atomic mass is 9.78. The summed E-state index contributed by atoms with van der Waals surface area (Å²) in [6.45, 7) is 0.553. The molecule has 1 aromatic heterocycles. The zero-order valence-corrected chi connectivity index (χ0v) is 18.8. The van der Waals surface area contributed by atoms with Gasteiger partial charge in [-0.15, -0.1) is 11.3 Å². The molecule has 31 heavy (non-hydrogen) atoms. The maximum Gasteiger partial charge on any atom is 0.235 e. The Morgan fingerprint density at radius 3 is 2.32 bits per heavy atom. The monoisotopic (exact) mass is 452 g/mol. The Labute approximate surface area is 191 Å². The highest BCUT2D eigenvalue weighted by atomic mass is 35.5. The minimum absolute atomic E-state index is 0.0159. The van der Waals surface area contributed by atoms with Gasteiger partial charge in [-0.25, -0.2) is 0 Å². The number of benzene rings is 2. The molecule has 3 aromatic rings. The largest absolute Gasteiger partial charge is 0.351 e. The number of hydrogen-bond donors (Lipinski definition) is 2. The summed E-state index contributed by atoms with van der Waals surface area (Å²) in [6, 6.07) is 19.1. The number of carbonyl (C=O) groups is 2. The summed E-state index contributed by atoms with van der Waals surface area (Å²) in [5, 5.41) is 8.70. The fraction of sp³-hybridized carbons (Fsp3) is 0.280. The van der Waals surface area contributed by atoms with Crippen molar-refractivity contribution in [2.75, 3.05) is 5.32 Å². The molecular formula is C25H25ClN2O2S. The maximum absolute atomic E-state index is 13.3. The predicted molar refractivity (Wildman–Crippen MR) is 127 cm³/mol. The van der Waals surface area contributed by atoms with Gasteiger partial charge >= 0.3 is 0 Å².